The summed E-state index contributed by atoms with van der Waals surface area (Å²) in [5.41, 5.74) is 5.86. The van der Waals surface area contributed by atoms with Crippen molar-refractivity contribution in [3.63, 3.8) is 0 Å². The molecule has 2 aliphatic rings. The van der Waals surface area contributed by atoms with E-state index < -0.39 is 0 Å². The van der Waals surface area contributed by atoms with Gasteiger partial charge in [0.2, 0.25) is 0 Å². The number of hydrogen-bond acceptors (Lipinski definition) is 3. The van der Waals surface area contributed by atoms with E-state index in [1.807, 2.05) is 0 Å². The molecule has 2 heterocycles. The van der Waals surface area contributed by atoms with E-state index in [0.29, 0.717) is 18.2 Å². The summed E-state index contributed by atoms with van der Waals surface area (Å²) in [6, 6.07) is 0. The largest absolute Gasteiger partial charge is 0.375 e. The maximum absolute atomic E-state index is 5.61. The molecule has 0 radical (unpaired) electrons. The van der Waals surface area contributed by atoms with E-state index in [9.17, 15) is 0 Å². The summed E-state index contributed by atoms with van der Waals surface area (Å²) < 4.78 is 5.61. The van der Waals surface area contributed by atoms with Crippen LogP contribution in [0.3, 0.4) is 0 Å². The predicted octanol–water partition coefficient (Wildman–Crippen LogP) is 0.246. The van der Waals surface area contributed by atoms with Crippen molar-refractivity contribution in [3.8, 4) is 0 Å². The molecule has 3 nitrogen and oxygen atoms in total. The van der Waals surface area contributed by atoms with E-state index in [0.717, 1.165) is 19.6 Å². The Morgan fingerprint density at radius 3 is 3.00 bits per heavy atom. The monoisotopic (exact) mass is 170 g/mol. The second kappa shape index (κ2) is 3.32. The Morgan fingerprint density at radius 1 is 1.50 bits per heavy atom. The van der Waals surface area contributed by atoms with Crippen LogP contribution in [-0.4, -0.2) is 31.3 Å². The molecule has 70 valence electrons. The number of nitrogens with two attached hydrogens (primary N) is 1. The van der Waals surface area contributed by atoms with Gasteiger partial charge in [-0.15, -0.1) is 0 Å². The molecular weight excluding hydrogens is 152 g/mol. The van der Waals surface area contributed by atoms with E-state index in [1.54, 1.807) is 0 Å². The highest BCUT2D eigenvalue weighted by Crippen LogP contribution is 2.30. The molecule has 0 bridgehead atoms. The number of rotatable bonds is 1. The minimum atomic E-state index is 0.294. The Kier molecular flexibility index (Phi) is 2.35. The van der Waals surface area contributed by atoms with Gasteiger partial charge in [0.25, 0.3) is 0 Å². The molecule has 3 N–H and O–H groups in total. The van der Waals surface area contributed by atoms with Crippen LogP contribution in [0.5, 0.6) is 0 Å². The topological polar surface area (TPSA) is 47.3 Å². The fourth-order valence-electron chi connectivity index (χ4n) is 2.31. The van der Waals surface area contributed by atoms with Crippen molar-refractivity contribution in [2.45, 2.75) is 37.3 Å². The molecule has 2 unspecified atom stereocenters. The Hall–Kier alpha value is -0.120. The third-order valence-electron chi connectivity index (χ3n) is 3.06. The highest BCUT2D eigenvalue weighted by molar-refractivity contribution is 4.97. The molecule has 0 amide bonds. The number of piperidine rings is 1. The number of nitrogens with one attached hydrogen (secondary N) is 1. The smallest absolute Gasteiger partial charge is 0.0716 e. The first kappa shape index (κ1) is 8.48. The summed E-state index contributed by atoms with van der Waals surface area (Å²) in [4.78, 5) is 0. The quantitative estimate of drug-likeness (QED) is 0.593. The summed E-state index contributed by atoms with van der Waals surface area (Å²) in [7, 11) is 0. The van der Waals surface area contributed by atoms with Gasteiger partial charge in [-0.1, -0.05) is 6.42 Å². The van der Waals surface area contributed by atoms with E-state index in [4.69, 9.17) is 10.5 Å². The van der Waals surface area contributed by atoms with Crippen LogP contribution in [0.4, 0.5) is 0 Å². The van der Waals surface area contributed by atoms with Crippen LogP contribution in [0, 0.1) is 0 Å². The van der Waals surface area contributed by atoms with Gasteiger partial charge in [0, 0.05) is 12.1 Å². The average molecular weight is 170 g/mol. The second-order valence-electron chi connectivity index (χ2n) is 4.04. The summed E-state index contributed by atoms with van der Waals surface area (Å²) in [5, 5.41) is 3.58. The SMILES string of the molecule is NCC1CC2(CCCCN2)CO1. The van der Waals surface area contributed by atoms with Gasteiger partial charge in [0.1, 0.15) is 0 Å². The van der Waals surface area contributed by atoms with Crippen molar-refractivity contribution < 1.29 is 4.74 Å². The van der Waals surface area contributed by atoms with Crippen LogP contribution >= 0.6 is 0 Å². The van der Waals surface area contributed by atoms with E-state index in [2.05, 4.69) is 5.32 Å². The standard InChI is InChI=1S/C9H18N2O/c10-6-8-5-9(7-12-8)3-1-2-4-11-9/h8,11H,1-7,10H2. The molecule has 2 rings (SSSR count). The van der Waals surface area contributed by atoms with Crippen molar-refractivity contribution in [2.24, 2.45) is 5.73 Å². The zero-order valence-electron chi connectivity index (χ0n) is 7.51. The molecule has 0 aromatic rings. The molecule has 0 saturated carbocycles. The molecule has 0 aromatic heterocycles. The first-order chi connectivity index (χ1) is 5.85. The minimum absolute atomic E-state index is 0.294. The van der Waals surface area contributed by atoms with Gasteiger partial charge in [-0.3, -0.25) is 0 Å². The van der Waals surface area contributed by atoms with Gasteiger partial charge in [-0.25, -0.2) is 0 Å². The molecule has 2 aliphatic heterocycles. The lowest BCUT2D eigenvalue weighted by molar-refractivity contribution is 0.101. The van der Waals surface area contributed by atoms with Crippen molar-refractivity contribution in [2.75, 3.05) is 19.7 Å². The Bertz CT molecular complexity index is 155. The molecule has 1 spiro atoms. The van der Waals surface area contributed by atoms with Gasteiger partial charge in [0.15, 0.2) is 0 Å². The maximum atomic E-state index is 5.61. The zero-order chi connectivity index (χ0) is 8.44. The molecule has 12 heavy (non-hydrogen) atoms. The van der Waals surface area contributed by atoms with Gasteiger partial charge in [-0.05, 0) is 25.8 Å². The summed E-state index contributed by atoms with van der Waals surface area (Å²) in [6.07, 6.45) is 5.34. The molecule has 2 atom stereocenters. The van der Waals surface area contributed by atoms with Gasteiger partial charge in [0.05, 0.1) is 12.7 Å². The molecule has 2 fully saturated rings. The van der Waals surface area contributed by atoms with Gasteiger partial charge < -0.3 is 15.8 Å². The lowest BCUT2D eigenvalue weighted by Crippen LogP contribution is -2.49. The molecule has 0 aliphatic carbocycles. The number of hydrogen-bond donors (Lipinski definition) is 2. The normalized spacial score (nSPS) is 42.2. The van der Waals surface area contributed by atoms with E-state index >= 15 is 0 Å². The molecular formula is C9H18N2O. The average Bonchev–Trinajstić information content (AvgIpc) is 2.50. The summed E-state index contributed by atoms with van der Waals surface area (Å²) in [6.45, 7) is 2.69. The lowest BCUT2D eigenvalue weighted by Gasteiger charge is -2.33. The third-order valence-corrected chi connectivity index (χ3v) is 3.06. The van der Waals surface area contributed by atoms with Crippen molar-refractivity contribution in [3.05, 3.63) is 0 Å². The maximum Gasteiger partial charge on any atom is 0.0716 e. The van der Waals surface area contributed by atoms with Crippen molar-refractivity contribution in [1.82, 2.24) is 5.32 Å². The van der Waals surface area contributed by atoms with Crippen molar-refractivity contribution >= 4 is 0 Å². The van der Waals surface area contributed by atoms with E-state index in [1.165, 1.54) is 19.3 Å². The number of ether oxygens (including phenoxy) is 1. The first-order valence-corrected chi connectivity index (χ1v) is 4.91. The van der Waals surface area contributed by atoms with Crippen LogP contribution in [-0.2, 0) is 4.74 Å². The van der Waals surface area contributed by atoms with Crippen molar-refractivity contribution in [1.29, 1.82) is 0 Å². The second-order valence-corrected chi connectivity index (χ2v) is 4.04. The van der Waals surface area contributed by atoms with Gasteiger partial charge >= 0.3 is 0 Å². The third kappa shape index (κ3) is 1.49. The first-order valence-electron chi connectivity index (χ1n) is 4.91. The Labute approximate surface area is 73.7 Å². The van der Waals surface area contributed by atoms with Crippen LogP contribution in [0.2, 0.25) is 0 Å². The minimum Gasteiger partial charge on any atom is -0.375 e. The Balaban J connectivity index is 1.94. The highest BCUT2D eigenvalue weighted by Gasteiger charge is 2.39. The van der Waals surface area contributed by atoms with Gasteiger partial charge in [-0.2, -0.15) is 0 Å². The Morgan fingerprint density at radius 2 is 2.42 bits per heavy atom. The summed E-state index contributed by atoms with van der Waals surface area (Å²) in [5.74, 6) is 0. The molecule has 2 saturated heterocycles. The van der Waals surface area contributed by atoms with Crippen LogP contribution in [0.1, 0.15) is 25.7 Å². The van der Waals surface area contributed by atoms with Crippen LogP contribution in [0.25, 0.3) is 0 Å². The predicted molar refractivity (Wildman–Crippen MR) is 48.0 cm³/mol. The van der Waals surface area contributed by atoms with E-state index in [-0.39, 0.29) is 0 Å². The lowest BCUT2D eigenvalue weighted by atomic mass is 9.87. The summed E-state index contributed by atoms with van der Waals surface area (Å²) >= 11 is 0. The van der Waals surface area contributed by atoms with Crippen LogP contribution in [0.15, 0.2) is 0 Å². The highest BCUT2D eigenvalue weighted by atomic mass is 16.5. The molecule has 0 aromatic carbocycles. The fraction of sp³-hybridized carbons (Fsp3) is 1.00. The fourth-order valence-corrected chi connectivity index (χ4v) is 2.31. The zero-order valence-corrected chi connectivity index (χ0v) is 7.51. The van der Waals surface area contributed by atoms with Crippen LogP contribution < -0.4 is 11.1 Å². The molecule has 3 heteroatoms.